The van der Waals surface area contributed by atoms with E-state index in [9.17, 15) is 4.79 Å². The summed E-state index contributed by atoms with van der Waals surface area (Å²) < 4.78 is 8.93. The number of carbonyl (C=O) groups is 1. The molecular formula is C22H24BrN5O2S. The van der Waals surface area contributed by atoms with Crippen molar-refractivity contribution >= 4 is 39.4 Å². The number of aromatic nitrogens is 4. The quantitative estimate of drug-likeness (QED) is 0.428. The molecule has 1 saturated carbocycles. The second kappa shape index (κ2) is 10.3. The number of ether oxygens (including phenoxy) is 1. The Labute approximate surface area is 194 Å². The Bertz CT molecular complexity index is 1020. The fourth-order valence-corrected chi connectivity index (χ4v) is 4.57. The van der Waals surface area contributed by atoms with Gasteiger partial charge in [-0.15, -0.1) is 10.2 Å². The van der Waals surface area contributed by atoms with Crippen LogP contribution in [0.15, 0.2) is 52.2 Å². The van der Waals surface area contributed by atoms with Gasteiger partial charge in [-0.05, 0) is 84.9 Å². The van der Waals surface area contributed by atoms with Gasteiger partial charge >= 0.3 is 0 Å². The molecule has 162 valence electrons. The van der Waals surface area contributed by atoms with E-state index in [4.69, 9.17) is 4.74 Å². The minimum atomic E-state index is -0.138. The zero-order valence-electron chi connectivity index (χ0n) is 17.3. The lowest BCUT2D eigenvalue weighted by Crippen LogP contribution is -2.15. The van der Waals surface area contributed by atoms with Crippen LogP contribution < -0.4 is 10.1 Å². The summed E-state index contributed by atoms with van der Waals surface area (Å²) in [6.07, 6.45) is 6.76. The average molecular weight is 502 g/mol. The van der Waals surface area contributed by atoms with Gasteiger partial charge in [0, 0.05) is 22.8 Å². The zero-order chi connectivity index (χ0) is 21.6. The van der Waals surface area contributed by atoms with E-state index in [-0.39, 0.29) is 11.7 Å². The molecule has 0 bridgehead atoms. The lowest BCUT2D eigenvalue weighted by atomic mass is 10.2. The highest BCUT2D eigenvalue weighted by Gasteiger charge is 2.18. The van der Waals surface area contributed by atoms with Gasteiger partial charge in [0.2, 0.25) is 5.91 Å². The second-order valence-electron chi connectivity index (χ2n) is 7.30. The van der Waals surface area contributed by atoms with E-state index >= 15 is 0 Å². The van der Waals surface area contributed by atoms with Crippen molar-refractivity contribution in [1.29, 1.82) is 0 Å². The minimum Gasteiger partial charge on any atom is -0.490 e. The SMILES string of the molecule is CCn1c(SCC(=O)Nc2ccc(Br)cn2)nnc1-c1ccc(OC2CCCC2)cc1. The van der Waals surface area contributed by atoms with E-state index in [1.807, 2.05) is 41.8 Å². The second-order valence-corrected chi connectivity index (χ2v) is 9.16. The van der Waals surface area contributed by atoms with Crippen LogP contribution in [0.25, 0.3) is 11.4 Å². The molecule has 7 nitrogen and oxygen atoms in total. The molecule has 1 aromatic carbocycles. The Morgan fingerprint density at radius 3 is 2.65 bits per heavy atom. The average Bonchev–Trinajstić information content (AvgIpc) is 3.44. The molecule has 2 aromatic heterocycles. The smallest absolute Gasteiger partial charge is 0.236 e. The van der Waals surface area contributed by atoms with Gasteiger partial charge in [-0.2, -0.15) is 0 Å². The van der Waals surface area contributed by atoms with Crippen LogP contribution in [0, 0.1) is 0 Å². The number of halogens is 1. The maximum absolute atomic E-state index is 12.3. The Balaban J connectivity index is 1.38. The van der Waals surface area contributed by atoms with Crippen molar-refractivity contribution in [3.05, 3.63) is 47.1 Å². The first kappa shape index (κ1) is 21.8. The number of benzene rings is 1. The fraction of sp³-hybridized carbons (Fsp3) is 0.364. The van der Waals surface area contributed by atoms with Crippen LogP contribution in [-0.2, 0) is 11.3 Å². The van der Waals surface area contributed by atoms with Gasteiger partial charge in [-0.1, -0.05) is 11.8 Å². The Kier molecular flexibility index (Phi) is 7.24. The molecule has 1 amide bonds. The predicted molar refractivity (Wildman–Crippen MR) is 125 cm³/mol. The molecular weight excluding hydrogens is 478 g/mol. The first-order valence-electron chi connectivity index (χ1n) is 10.4. The van der Waals surface area contributed by atoms with Gasteiger partial charge in [0.1, 0.15) is 11.6 Å². The van der Waals surface area contributed by atoms with Gasteiger partial charge in [-0.25, -0.2) is 4.98 Å². The lowest BCUT2D eigenvalue weighted by molar-refractivity contribution is -0.113. The summed E-state index contributed by atoms with van der Waals surface area (Å²) in [5.74, 6) is 2.29. The predicted octanol–water partition coefficient (Wildman–Crippen LogP) is 5.17. The number of amides is 1. The van der Waals surface area contributed by atoms with E-state index < -0.39 is 0 Å². The van der Waals surface area contributed by atoms with Gasteiger partial charge in [0.15, 0.2) is 11.0 Å². The molecule has 1 N–H and O–H groups in total. The van der Waals surface area contributed by atoms with Gasteiger partial charge < -0.3 is 14.6 Å². The van der Waals surface area contributed by atoms with E-state index in [0.717, 1.165) is 34.5 Å². The molecule has 0 radical (unpaired) electrons. The third-order valence-electron chi connectivity index (χ3n) is 5.08. The summed E-state index contributed by atoms with van der Waals surface area (Å²) in [7, 11) is 0. The summed E-state index contributed by atoms with van der Waals surface area (Å²) in [6, 6.07) is 11.6. The lowest BCUT2D eigenvalue weighted by Gasteiger charge is -2.13. The fourth-order valence-electron chi connectivity index (χ4n) is 3.53. The molecule has 4 rings (SSSR count). The van der Waals surface area contributed by atoms with Crippen molar-refractivity contribution in [1.82, 2.24) is 19.7 Å². The molecule has 0 saturated heterocycles. The van der Waals surface area contributed by atoms with Crippen molar-refractivity contribution in [3.8, 4) is 17.1 Å². The molecule has 0 atom stereocenters. The normalized spacial score (nSPS) is 14.0. The van der Waals surface area contributed by atoms with E-state index in [0.29, 0.717) is 23.6 Å². The largest absolute Gasteiger partial charge is 0.490 e. The number of carbonyl (C=O) groups excluding carboxylic acids is 1. The Hall–Kier alpha value is -2.39. The number of pyridine rings is 1. The summed E-state index contributed by atoms with van der Waals surface area (Å²) in [5, 5.41) is 12.2. The monoisotopic (exact) mass is 501 g/mol. The van der Waals surface area contributed by atoms with Crippen LogP contribution in [0.2, 0.25) is 0 Å². The van der Waals surface area contributed by atoms with Crippen molar-refractivity contribution in [3.63, 3.8) is 0 Å². The maximum atomic E-state index is 12.3. The molecule has 0 aliphatic heterocycles. The molecule has 2 heterocycles. The molecule has 31 heavy (non-hydrogen) atoms. The molecule has 3 aromatic rings. The van der Waals surface area contributed by atoms with E-state index in [2.05, 4.69) is 36.4 Å². The number of hydrogen-bond donors (Lipinski definition) is 1. The first-order chi connectivity index (χ1) is 15.1. The van der Waals surface area contributed by atoms with Crippen molar-refractivity contribution in [2.45, 2.75) is 50.4 Å². The van der Waals surface area contributed by atoms with Crippen LogP contribution in [-0.4, -0.2) is 37.5 Å². The number of hydrogen-bond acceptors (Lipinski definition) is 6. The third-order valence-corrected chi connectivity index (χ3v) is 6.51. The van der Waals surface area contributed by atoms with Gasteiger partial charge in [0.25, 0.3) is 0 Å². The Morgan fingerprint density at radius 1 is 1.19 bits per heavy atom. The van der Waals surface area contributed by atoms with Crippen molar-refractivity contribution in [2.24, 2.45) is 0 Å². The van der Waals surface area contributed by atoms with Crippen LogP contribution in [0.3, 0.4) is 0 Å². The molecule has 1 aliphatic carbocycles. The number of nitrogens with zero attached hydrogens (tertiary/aromatic N) is 4. The zero-order valence-corrected chi connectivity index (χ0v) is 19.7. The summed E-state index contributed by atoms with van der Waals surface area (Å²) in [6.45, 7) is 2.75. The highest BCUT2D eigenvalue weighted by atomic mass is 79.9. The maximum Gasteiger partial charge on any atom is 0.236 e. The minimum absolute atomic E-state index is 0.138. The summed E-state index contributed by atoms with van der Waals surface area (Å²) in [5.41, 5.74) is 0.975. The van der Waals surface area contributed by atoms with Crippen LogP contribution in [0.1, 0.15) is 32.6 Å². The number of thioether (sulfide) groups is 1. The molecule has 0 unspecified atom stereocenters. The molecule has 0 spiro atoms. The third kappa shape index (κ3) is 5.65. The van der Waals surface area contributed by atoms with Crippen LogP contribution in [0.5, 0.6) is 5.75 Å². The number of nitrogens with one attached hydrogen (secondary N) is 1. The summed E-state index contributed by atoms with van der Waals surface area (Å²) in [4.78, 5) is 16.4. The van der Waals surface area contributed by atoms with Crippen molar-refractivity contribution in [2.75, 3.05) is 11.1 Å². The van der Waals surface area contributed by atoms with E-state index in [1.54, 1.807) is 12.3 Å². The van der Waals surface area contributed by atoms with E-state index in [1.165, 1.54) is 24.6 Å². The number of anilines is 1. The Morgan fingerprint density at radius 2 is 1.97 bits per heavy atom. The topological polar surface area (TPSA) is 81.9 Å². The molecule has 9 heteroatoms. The van der Waals surface area contributed by atoms with Crippen LogP contribution in [0.4, 0.5) is 5.82 Å². The standard InChI is InChI=1S/C22H24BrN5O2S/c1-2-28-21(15-7-10-18(11-8-15)30-17-5-3-4-6-17)26-27-22(28)31-14-20(29)25-19-12-9-16(23)13-24-19/h7-13,17H,2-6,14H2,1H3,(H,24,25,29). The molecule has 1 fully saturated rings. The highest BCUT2D eigenvalue weighted by molar-refractivity contribution is 9.10. The van der Waals surface area contributed by atoms with Crippen LogP contribution >= 0.6 is 27.7 Å². The molecule has 1 aliphatic rings. The van der Waals surface area contributed by atoms with Crippen molar-refractivity contribution < 1.29 is 9.53 Å². The van der Waals surface area contributed by atoms with Gasteiger partial charge in [0.05, 0.1) is 11.9 Å². The summed E-state index contributed by atoms with van der Waals surface area (Å²) >= 11 is 4.69. The van der Waals surface area contributed by atoms with Gasteiger partial charge in [-0.3, -0.25) is 4.79 Å². The first-order valence-corrected chi connectivity index (χ1v) is 12.1. The number of rotatable bonds is 8. The highest BCUT2D eigenvalue weighted by Crippen LogP contribution is 2.28.